The van der Waals surface area contributed by atoms with E-state index in [1.54, 1.807) is 0 Å². The van der Waals surface area contributed by atoms with E-state index in [-0.39, 0.29) is 5.54 Å². The molecule has 4 bridgehead atoms. The predicted octanol–water partition coefficient (Wildman–Crippen LogP) is 3.00. The molecule has 4 rings (SSSR count). The molecule has 0 aliphatic heterocycles. The van der Waals surface area contributed by atoms with Gasteiger partial charge in [0, 0.05) is 5.54 Å². The van der Waals surface area contributed by atoms with Gasteiger partial charge in [0.05, 0.1) is 0 Å². The largest absolute Gasteiger partial charge is 0.465 e. The highest BCUT2D eigenvalue weighted by molar-refractivity contribution is 5.65. The molecule has 4 atom stereocenters. The maximum atomic E-state index is 11.0. The topological polar surface area (TPSA) is 49.3 Å². The lowest BCUT2D eigenvalue weighted by atomic mass is 9.43. The molecule has 0 aromatic rings. The van der Waals surface area contributed by atoms with Crippen LogP contribution in [0.4, 0.5) is 4.79 Å². The lowest BCUT2D eigenvalue weighted by Crippen LogP contribution is -2.65. The van der Waals surface area contributed by atoms with Crippen molar-refractivity contribution in [1.82, 2.24) is 5.32 Å². The van der Waals surface area contributed by atoms with Crippen molar-refractivity contribution in [2.45, 2.75) is 57.9 Å². The molecule has 4 aliphatic carbocycles. The summed E-state index contributed by atoms with van der Waals surface area (Å²) in [4.78, 5) is 11.0. The van der Waals surface area contributed by atoms with Gasteiger partial charge in [0.2, 0.25) is 0 Å². The van der Waals surface area contributed by atoms with Crippen LogP contribution in [0.2, 0.25) is 0 Å². The van der Waals surface area contributed by atoms with Crippen molar-refractivity contribution in [1.29, 1.82) is 0 Å². The second-order valence-electron chi connectivity index (χ2n) is 7.34. The van der Waals surface area contributed by atoms with Crippen LogP contribution in [0.15, 0.2) is 0 Å². The minimum Gasteiger partial charge on any atom is -0.465 e. The third-order valence-electron chi connectivity index (χ3n) is 5.00. The van der Waals surface area contributed by atoms with Crippen LogP contribution in [-0.2, 0) is 0 Å². The summed E-state index contributed by atoms with van der Waals surface area (Å²) in [5.74, 6) is 0.748. The molecule has 16 heavy (non-hydrogen) atoms. The van der Waals surface area contributed by atoms with Crippen LogP contribution in [-0.4, -0.2) is 16.7 Å². The quantitative estimate of drug-likeness (QED) is 0.718. The Balaban J connectivity index is 1.95. The molecule has 2 N–H and O–H groups in total. The van der Waals surface area contributed by atoms with Crippen molar-refractivity contribution < 1.29 is 9.90 Å². The molecular weight excluding hydrogens is 202 g/mol. The van der Waals surface area contributed by atoms with Crippen LogP contribution < -0.4 is 5.32 Å². The minimum absolute atomic E-state index is 0.102. The lowest BCUT2D eigenvalue weighted by Gasteiger charge is -2.65. The molecule has 1 amide bonds. The number of rotatable bonds is 1. The maximum Gasteiger partial charge on any atom is 0.405 e. The van der Waals surface area contributed by atoms with E-state index in [9.17, 15) is 4.79 Å². The van der Waals surface area contributed by atoms with E-state index in [4.69, 9.17) is 5.11 Å². The highest BCUT2D eigenvalue weighted by atomic mass is 16.4. The number of amides is 1. The standard InChI is InChI=1S/C13H21NO2/c1-11-3-9-4-12(2,6-11)8-13(5-9,7-11)14-10(15)16/h9,14H,3-8H2,1-2H3,(H,15,16)/t9?,11-,12+,13?. The van der Waals surface area contributed by atoms with E-state index < -0.39 is 6.09 Å². The van der Waals surface area contributed by atoms with Gasteiger partial charge in [-0.3, -0.25) is 0 Å². The molecule has 0 aromatic heterocycles. The molecule has 0 aromatic carbocycles. The van der Waals surface area contributed by atoms with Gasteiger partial charge in [0.15, 0.2) is 0 Å². The molecule has 0 saturated heterocycles. The SMILES string of the molecule is C[C@]12CC3CC(NC(=O)O)(C1)C[C@@](C)(C3)C2. The molecule has 4 fully saturated rings. The van der Waals surface area contributed by atoms with Crippen molar-refractivity contribution >= 4 is 6.09 Å². The van der Waals surface area contributed by atoms with Gasteiger partial charge in [-0.25, -0.2) is 4.79 Å². The Hall–Kier alpha value is -0.730. The Labute approximate surface area is 96.6 Å². The van der Waals surface area contributed by atoms with Crippen LogP contribution in [0.25, 0.3) is 0 Å². The van der Waals surface area contributed by atoms with E-state index in [1.165, 1.54) is 19.3 Å². The second kappa shape index (κ2) is 2.74. The van der Waals surface area contributed by atoms with Crippen LogP contribution in [0.3, 0.4) is 0 Å². The Morgan fingerprint density at radius 2 is 1.69 bits per heavy atom. The maximum absolute atomic E-state index is 11.0. The molecule has 3 nitrogen and oxygen atoms in total. The first-order chi connectivity index (χ1) is 7.32. The van der Waals surface area contributed by atoms with Gasteiger partial charge < -0.3 is 10.4 Å². The summed E-state index contributed by atoms with van der Waals surface area (Å²) >= 11 is 0. The van der Waals surface area contributed by atoms with Gasteiger partial charge in [0.1, 0.15) is 0 Å². The molecule has 3 heteroatoms. The van der Waals surface area contributed by atoms with E-state index in [1.807, 2.05) is 0 Å². The first-order valence-electron chi connectivity index (χ1n) is 6.33. The third-order valence-corrected chi connectivity index (χ3v) is 5.00. The first kappa shape index (κ1) is 10.4. The van der Waals surface area contributed by atoms with E-state index in [0.29, 0.717) is 10.8 Å². The minimum atomic E-state index is -0.839. The number of nitrogens with one attached hydrogen (secondary N) is 1. The summed E-state index contributed by atoms with van der Waals surface area (Å²) in [6.45, 7) is 4.71. The van der Waals surface area contributed by atoms with Gasteiger partial charge in [0.25, 0.3) is 0 Å². The van der Waals surface area contributed by atoms with Crippen molar-refractivity contribution in [3.8, 4) is 0 Å². The number of hydrogen-bond donors (Lipinski definition) is 2. The number of carboxylic acid groups (broad SMARTS) is 1. The fourth-order valence-corrected chi connectivity index (χ4v) is 5.81. The smallest absolute Gasteiger partial charge is 0.405 e. The van der Waals surface area contributed by atoms with Crippen molar-refractivity contribution in [2.75, 3.05) is 0 Å². The van der Waals surface area contributed by atoms with E-state index >= 15 is 0 Å². The second-order valence-corrected chi connectivity index (χ2v) is 7.34. The Kier molecular flexibility index (Phi) is 1.79. The fraction of sp³-hybridized carbons (Fsp3) is 0.923. The fourth-order valence-electron chi connectivity index (χ4n) is 5.81. The Morgan fingerprint density at radius 1 is 1.12 bits per heavy atom. The summed E-state index contributed by atoms with van der Waals surface area (Å²) < 4.78 is 0. The normalized spacial score (nSPS) is 54.0. The third kappa shape index (κ3) is 1.44. The van der Waals surface area contributed by atoms with Crippen LogP contribution in [0.5, 0.6) is 0 Å². The van der Waals surface area contributed by atoms with Crippen LogP contribution >= 0.6 is 0 Å². The summed E-state index contributed by atoms with van der Waals surface area (Å²) in [6, 6.07) is 0. The first-order valence-corrected chi connectivity index (χ1v) is 6.33. The zero-order valence-electron chi connectivity index (χ0n) is 10.2. The number of carbonyl (C=O) groups is 1. The zero-order chi connectivity index (χ0) is 11.6. The summed E-state index contributed by atoms with van der Waals surface area (Å²) in [7, 11) is 0. The van der Waals surface area contributed by atoms with Crippen molar-refractivity contribution in [3.63, 3.8) is 0 Å². The molecule has 0 radical (unpaired) electrons. The molecule has 4 aliphatic rings. The predicted molar refractivity (Wildman–Crippen MR) is 61.3 cm³/mol. The average Bonchev–Trinajstić information content (AvgIpc) is 1.91. The summed E-state index contributed by atoms with van der Waals surface area (Å²) in [5, 5.41) is 11.9. The van der Waals surface area contributed by atoms with Crippen molar-refractivity contribution in [3.05, 3.63) is 0 Å². The van der Waals surface area contributed by atoms with E-state index in [0.717, 1.165) is 25.2 Å². The Morgan fingerprint density at radius 3 is 2.12 bits per heavy atom. The molecule has 2 unspecified atom stereocenters. The molecule has 90 valence electrons. The van der Waals surface area contributed by atoms with Gasteiger partial charge in [-0.2, -0.15) is 0 Å². The van der Waals surface area contributed by atoms with Gasteiger partial charge in [-0.05, 0) is 55.3 Å². The molecule has 4 saturated carbocycles. The average molecular weight is 223 g/mol. The van der Waals surface area contributed by atoms with Crippen molar-refractivity contribution in [2.24, 2.45) is 16.7 Å². The highest BCUT2D eigenvalue weighted by Gasteiger charge is 2.60. The summed E-state index contributed by atoms with van der Waals surface area (Å²) in [5.41, 5.74) is 0.669. The zero-order valence-corrected chi connectivity index (χ0v) is 10.2. The highest BCUT2D eigenvalue weighted by Crippen LogP contribution is 2.66. The van der Waals surface area contributed by atoms with Crippen LogP contribution in [0, 0.1) is 16.7 Å². The van der Waals surface area contributed by atoms with Gasteiger partial charge >= 0.3 is 6.09 Å². The Bertz CT molecular complexity index is 334. The monoisotopic (exact) mass is 223 g/mol. The number of hydrogen-bond acceptors (Lipinski definition) is 1. The van der Waals surface area contributed by atoms with E-state index in [2.05, 4.69) is 19.2 Å². The molecular formula is C13H21NO2. The van der Waals surface area contributed by atoms with Gasteiger partial charge in [-0.15, -0.1) is 0 Å². The lowest BCUT2D eigenvalue weighted by molar-refractivity contribution is -0.114. The van der Waals surface area contributed by atoms with Gasteiger partial charge in [-0.1, -0.05) is 13.8 Å². The van der Waals surface area contributed by atoms with Crippen LogP contribution in [0.1, 0.15) is 52.4 Å². The molecule has 0 heterocycles. The molecule has 0 spiro atoms. The summed E-state index contributed by atoms with van der Waals surface area (Å²) in [6.07, 6.45) is 6.26.